The summed E-state index contributed by atoms with van der Waals surface area (Å²) < 4.78 is 379. The fraction of sp³-hybridized carbons (Fsp3) is 0.0303. The number of hydrogen-bond acceptors (Lipinski definition) is 53. The van der Waals surface area contributed by atoms with Crippen molar-refractivity contribution in [1.29, 1.82) is 0 Å². The highest BCUT2D eigenvalue weighted by Gasteiger charge is 2.32. The SMILES string of the molecule is COc1ccc(N=Nc2c(S(=O)(=O)O)cc3c(S(=O)(=O)O)c(N=Nc4c(S(=O)(=O)O)cc5ccc(N=Nc6ccc([N+](=O)[O-])cc6S(=O)(=O)O)c(O)c5c4N)ccc3c2O)cc1.COc1ccc(N=Nc2c(S(=O)(=O)O)cc3ccc(N=Nc4c(S(=O)(=O)O)cc5ccc(N=Nc6ccc([N+](=O)[O-])cc6S(=O)(=O)O)c(O)c5c4N)cc3c2O)cc1.O=S(=O)=O.O=S(=O)=O.O=S(=O)=O.O=S(=O)=O.O=S(=O)=O. The van der Waals surface area contributed by atoms with E-state index in [0.717, 1.165) is 72.8 Å². The number of nitro benzene ring substituents is 2. The van der Waals surface area contributed by atoms with Crippen molar-refractivity contribution in [3.8, 4) is 34.5 Å². The number of phenols is 4. The fourth-order valence-corrected chi connectivity index (χ4v) is 15.9. The minimum absolute atomic E-state index is 0.0698. The number of phenolic OH excluding ortho intramolecular Hbond substituents is 4. The van der Waals surface area contributed by atoms with E-state index in [0.29, 0.717) is 29.7 Å². The molecule has 0 atom stereocenters. The van der Waals surface area contributed by atoms with Crippen LogP contribution in [0.15, 0.2) is 259 Å². The van der Waals surface area contributed by atoms with Crippen LogP contribution in [0.5, 0.6) is 34.5 Å². The van der Waals surface area contributed by atoms with E-state index in [9.17, 15) is 131 Å². The summed E-state index contributed by atoms with van der Waals surface area (Å²) >= 11 is 0. The van der Waals surface area contributed by atoms with Gasteiger partial charge < -0.3 is 41.4 Å². The number of non-ortho nitro benzene ring substituents is 2. The zero-order valence-electron chi connectivity index (χ0n) is 67.6. The fourth-order valence-electron chi connectivity index (χ4n) is 11.1. The number of methoxy groups -OCH3 is 2. The average Bonchev–Trinajstić information content (AvgIpc) is 0.738. The van der Waals surface area contributed by atoms with Crippen LogP contribution in [0.2, 0.25) is 0 Å². The van der Waals surface area contributed by atoms with Gasteiger partial charge in [0.25, 0.3) is 82.2 Å². The first-order valence-electron chi connectivity index (χ1n) is 34.4. The smallest absolute Gasteiger partial charge is 0.425 e. The first-order valence-corrected chi connectivity index (χ1v) is 49.5. The number of nitrogen functional groups attached to an aromatic ring is 2. The normalized spacial score (nSPS) is 11.8. The number of rotatable bonds is 23. The molecule has 140 heavy (non-hydrogen) atoms. The van der Waals surface area contributed by atoms with E-state index in [2.05, 4.69) is 61.4 Å². The van der Waals surface area contributed by atoms with Crippen LogP contribution in [0.4, 0.5) is 91.0 Å². The largest absolute Gasteiger partial charge is 0.505 e. The van der Waals surface area contributed by atoms with E-state index in [-0.39, 0.29) is 44.0 Å². The number of anilines is 2. The second-order valence-corrected chi connectivity index (χ2v) is 36.9. The number of nitrogens with two attached hydrogens (primary N) is 2. The molecule has 62 nitrogen and oxygen atoms in total. The molecule has 740 valence electrons. The molecule has 0 heterocycles. The number of benzene rings is 12. The maximum Gasteiger partial charge on any atom is 0.425 e. The molecule has 12 aromatic rings. The van der Waals surface area contributed by atoms with Gasteiger partial charge in [0.1, 0.15) is 97.0 Å². The Labute approximate surface area is 785 Å². The molecule has 0 spiro atoms. The van der Waals surface area contributed by atoms with E-state index in [1.165, 1.54) is 74.9 Å². The average molecular weight is 2190 g/mol. The molecule has 0 radical (unpaired) electrons. The molecule has 0 saturated heterocycles. The molecule has 0 saturated carbocycles. The van der Waals surface area contributed by atoms with Crippen LogP contribution < -0.4 is 20.9 Å². The molecule has 0 aliphatic heterocycles. The molecular formula is C66H48N16O46S12. The molecule has 74 heteroatoms. The van der Waals surface area contributed by atoms with Gasteiger partial charge in [0.2, 0.25) is 0 Å². The van der Waals surface area contributed by atoms with E-state index in [1.54, 1.807) is 12.1 Å². The van der Waals surface area contributed by atoms with E-state index in [4.69, 9.17) is 84.1 Å². The third-order valence-electron chi connectivity index (χ3n) is 16.6. The van der Waals surface area contributed by atoms with Gasteiger partial charge in [0.15, 0.2) is 23.0 Å². The summed E-state index contributed by atoms with van der Waals surface area (Å²) in [6.45, 7) is 0. The Hall–Kier alpha value is -16.0. The highest BCUT2D eigenvalue weighted by molar-refractivity contribution is 7.87. The van der Waals surface area contributed by atoms with Gasteiger partial charge in [0, 0.05) is 40.4 Å². The zero-order valence-corrected chi connectivity index (χ0v) is 77.4. The van der Waals surface area contributed by atoms with Gasteiger partial charge in [-0.15, -0.1) is 109 Å². The lowest BCUT2D eigenvalue weighted by atomic mass is 10.1. The lowest BCUT2D eigenvalue weighted by Crippen LogP contribution is -2.03. The number of nitro groups is 2. The first-order chi connectivity index (χ1) is 64.6. The molecule has 0 aromatic heterocycles. The zero-order chi connectivity index (χ0) is 106. The van der Waals surface area contributed by atoms with Crippen LogP contribution in [-0.4, -0.2) is 198 Å². The Bertz CT molecular complexity index is 8660. The molecule has 0 bridgehead atoms. The predicted octanol–water partition coefficient (Wildman–Crippen LogP) is 10.0. The Morgan fingerprint density at radius 3 is 0.886 bits per heavy atom. The standard InChI is InChI=1S/C33H24N8O17S4.C33H24N8O14S3.5O3S/c1-58-18-6-3-16(4-7-18)35-40-30-26(61(52,53)54)14-20-19(31(30)42)8-11-23(33(20)62(55,56)57)38-39-29-25(60(49,50)51)12-15-2-9-22(32(43)27(15)28(29)34)37-36-21-10-5-17(41(44)45)13-24(21)59(46,47)48;1-55-21-8-5-18(6-9-21)35-40-31-27(58(52,53)54)12-16-2-4-19(14-22(16)32(31)42)36-39-30-26(57(49,50)51)13-17-3-10-24(33(43)28(17)29(30)34)38-37-23-11-7-20(41(44)45)15-25(23)56(46,47)48;5*1-4(2)3/h2-14,42-43H,34H2,1H3,(H,46,47,48)(H,49,50,51)(H,52,53,54)(H,55,56,57);2-15,42-43H,34H2,1H3,(H,46,47,48)(H,49,50,51)(H,52,53,54);;;;;. The second-order valence-electron chi connectivity index (χ2n) is 25.2. The van der Waals surface area contributed by atoms with Gasteiger partial charge in [0.05, 0.1) is 63.3 Å². The van der Waals surface area contributed by atoms with Gasteiger partial charge >= 0.3 is 53.0 Å². The number of ether oxygens (including phenoxy) is 2. The second kappa shape index (κ2) is 46.2. The van der Waals surface area contributed by atoms with Crippen LogP contribution in [-0.2, 0) is 124 Å². The van der Waals surface area contributed by atoms with Crippen LogP contribution in [0.25, 0.3) is 43.1 Å². The highest BCUT2D eigenvalue weighted by atomic mass is 32.2. The van der Waals surface area contributed by atoms with Crippen LogP contribution in [0, 0.1) is 20.2 Å². The van der Waals surface area contributed by atoms with Crippen molar-refractivity contribution >= 4 is 258 Å². The van der Waals surface area contributed by atoms with Crippen molar-refractivity contribution in [1.82, 2.24) is 0 Å². The van der Waals surface area contributed by atoms with Crippen LogP contribution in [0.3, 0.4) is 0 Å². The maximum atomic E-state index is 12.9. The number of hydrogen-bond donors (Lipinski definition) is 13. The van der Waals surface area contributed by atoms with Crippen LogP contribution in [0.1, 0.15) is 0 Å². The van der Waals surface area contributed by atoms with Gasteiger partial charge in [-0.05, 0) is 137 Å². The number of aromatic hydroxyl groups is 4. The topological polar surface area (TPSA) is 1020 Å². The molecule has 15 N–H and O–H groups in total. The summed E-state index contributed by atoms with van der Waals surface area (Å²) in [6.07, 6.45) is 0. The summed E-state index contributed by atoms with van der Waals surface area (Å²) in [6, 6.07) is 29.3. The molecule has 12 rings (SSSR count). The molecule has 0 amide bonds. The predicted molar refractivity (Wildman–Crippen MR) is 466 cm³/mol. The van der Waals surface area contributed by atoms with Gasteiger partial charge in [-0.25, -0.2) is 0 Å². The first kappa shape index (κ1) is 113. The summed E-state index contributed by atoms with van der Waals surface area (Å²) in [4.78, 5) is 13.2. The number of azo groups is 6. The maximum absolute atomic E-state index is 12.9. The third-order valence-corrected chi connectivity index (χ3v) is 22.8. The number of nitrogens with zero attached hydrogens (tertiary/aromatic N) is 14. The molecular weight excluding hydrogens is 2140 g/mol. The Balaban J connectivity index is 0.000000360. The van der Waals surface area contributed by atoms with E-state index >= 15 is 0 Å². The van der Waals surface area contributed by atoms with Gasteiger partial charge in [-0.2, -0.15) is 74.3 Å². The Morgan fingerprint density at radius 2 is 0.550 bits per heavy atom. The minimum Gasteiger partial charge on any atom is -0.505 e. The molecule has 12 aromatic carbocycles. The quantitative estimate of drug-likeness (QED) is 0.00930. The molecule has 0 unspecified atom stereocenters. The van der Waals surface area contributed by atoms with Crippen molar-refractivity contribution < 1.29 is 194 Å². The summed E-state index contributed by atoms with van der Waals surface area (Å²) in [7, 11) is -49.1. The summed E-state index contributed by atoms with van der Waals surface area (Å²) in [5.41, 5.74) is 3.85. The van der Waals surface area contributed by atoms with Crippen LogP contribution >= 0.6 is 0 Å². The minimum atomic E-state index is -5.52. The van der Waals surface area contributed by atoms with Crippen molar-refractivity contribution in [2.24, 2.45) is 61.4 Å². The highest BCUT2D eigenvalue weighted by Crippen LogP contribution is 2.51. The molecule has 0 fully saturated rings. The molecule has 0 aliphatic rings. The monoisotopic (exact) mass is 2180 g/mol. The lowest BCUT2D eigenvalue weighted by Gasteiger charge is -2.13. The summed E-state index contributed by atoms with van der Waals surface area (Å²) in [5, 5.41) is 110. The van der Waals surface area contributed by atoms with Crippen molar-refractivity contribution in [3.63, 3.8) is 0 Å². The third kappa shape index (κ3) is 30.5. The van der Waals surface area contributed by atoms with Crippen molar-refractivity contribution in [2.45, 2.75) is 34.3 Å². The van der Waals surface area contributed by atoms with Crippen molar-refractivity contribution in [2.75, 3.05) is 25.7 Å². The van der Waals surface area contributed by atoms with E-state index < -0.39 is 281 Å². The Kier molecular flexibility index (Phi) is 37.2. The number of fused-ring (bicyclic) bond motifs is 4. The Morgan fingerprint density at radius 1 is 0.279 bits per heavy atom. The summed E-state index contributed by atoms with van der Waals surface area (Å²) in [5.74, 6) is -2.55. The molecule has 0 aliphatic carbocycles. The van der Waals surface area contributed by atoms with Gasteiger partial charge in [-0.1, -0.05) is 18.2 Å². The van der Waals surface area contributed by atoms with Crippen molar-refractivity contribution in [3.05, 3.63) is 184 Å². The lowest BCUT2D eigenvalue weighted by molar-refractivity contribution is -0.385. The van der Waals surface area contributed by atoms with Gasteiger partial charge in [-0.3, -0.25) is 52.1 Å². The van der Waals surface area contributed by atoms with E-state index in [1.807, 2.05) is 0 Å².